The van der Waals surface area contributed by atoms with Gasteiger partial charge >= 0.3 is 12.0 Å². The zero-order valence-electron chi connectivity index (χ0n) is 10.4. The summed E-state index contributed by atoms with van der Waals surface area (Å²) in [7, 11) is 0. The highest BCUT2D eigenvalue weighted by molar-refractivity contribution is 6.30. The van der Waals surface area contributed by atoms with Crippen molar-refractivity contribution in [3.05, 3.63) is 58.6 Å². The van der Waals surface area contributed by atoms with E-state index >= 15 is 0 Å². The molecule has 110 valence electrons. The monoisotopic (exact) mass is 331 g/mol. The lowest BCUT2D eigenvalue weighted by Gasteiger charge is -2.17. The van der Waals surface area contributed by atoms with Crippen molar-refractivity contribution >= 4 is 34.8 Å². The first-order valence-corrected chi connectivity index (χ1v) is 6.52. The summed E-state index contributed by atoms with van der Waals surface area (Å²) in [6.07, 6.45) is -4.02. The number of ether oxygens (including phenoxy) is 1. The molecule has 0 fully saturated rings. The minimum Gasteiger partial charge on any atom is -0.425 e. The Bertz CT molecular complexity index is 630. The number of carbonyl (C=O) groups excluding carboxylic acids is 1. The molecule has 2 aromatic carbocycles. The summed E-state index contributed by atoms with van der Waals surface area (Å²) in [5.74, 6) is -1.75. The lowest BCUT2D eigenvalue weighted by molar-refractivity contribution is -0.187. The Balaban J connectivity index is 2.05. The summed E-state index contributed by atoms with van der Waals surface area (Å²) in [6, 6.07) is 11.0. The van der Waals surface area contributed by atoms with Gasteiger partial charge in [-0.1, -0.05) is 23.2 Å². The third kappa shape index (κ3) is 4.31. The van der Waals surface area contributed by atoms with E-state index in [-0.39, 0.29) is 11.4 Å². The summed E-state index contributed by atoms with van der Waals surface area (Å²) in [5.41, 5.74) is 0.184. The molecule has 0 heterocycles. The maximum absolute atomic E-state index is 13.7. The molecule has 1 N–H and O–H groups in total. The van der Waals surface area contributed by atoms with Crippen LogP contribution in [0, 0.1) is 0 Å². The zero-order valence-corrected chi connectivity index (χ0v) is 12.0. The second-order valence-electron chi connectivity index (χ2n) is 4.03. The van der Waals surface area contributed by atoms with Gasteiger partial charge in [-0.15, -0.1) is 0 Å². The first-order chi connectivity index (χ1) is 9.87. The second kappa shape index (κ2) is 6.28. The predicted molar refractivity (Wildman–Crippen MR) is 77.1 cm³/mol. The summed E-state index contributed by atoms with van der Waals surface area (Å²) in [4.78, 5) is 11.5. The van der Waals surface area contributed by atoms with Gasteiger partial charge in [0.05, 0.1) is 0 Å². The Kier molecular flexibility index (Phi) is 4.65. The van der Waals surface area contributed by atoms with Crippen LogP contribution in [0.4, 0.5) is 14.5 Å². The van der Waals surface area contributed by atoms with E-state index in [0.29, 0.717) is 10.0 Å². The van der Waals surface area contributed by atoms with Gasteiger partial charge in [-0.05, 0) is 48.5 Å². The van der Waals surface area contributed by atoms with Crippen molar-refractivity contribution in [3.63, 3.8) is 0 Å². The maximum atomic E-state index is 13.7. The van der Waals surface area contributed by atoms with Gasteiger partial charge in [0.2, 0.25) is 0 Å². The van der Waals surface area contributed by atoms with Crippen molar-refractivity contribution < 1.29 is 18.3 Å². The number of anilines is 1. The van der Waals surface area contributed by atoms with E-state index in [0.717, 1.165) is 0 Å². The average Bonchev–Trinajstić information content (AvgIpc) is 2.43. The van der Waals surface area contributed by atoms with Crippen molar-refractivity contribution in [2.45, 2.75) is 6.11 Å². The molecule has 3 nitrogen and oxygen atoms in total. The number of nitrogens with one attached hydrogen (secondary N) is 1. The molecule has 0 atom stereocenters. The van der Waals surface area contributed by atoms with Crippen LogP contribution in [0.15, 0.2) is 48.5 Å². The van der Waals surface area contributed by atoms with Crippen molar-refractivity contribution in [1.29, 1.82) is 0 Å². The van der Waals surface area contributed by atoms with Crippen LogP contribution in [-0.4, -0.2) is 12.0 Å². The van der Waals surface area contributed by atoms with Crippen LogP contribution in [0.5, 0.6) is 5.75 Å². The topological polar surface area (TPSA) is 38.3 Å². The maximum Gasteiger partial charge on any atom is 0.482 e. The Morgan fingerprint density at radius 1 is 0.952 bits per heavy atom. The third-order valence-electron chi connectivity index (χ3n) is 2.43. The fourth-order valence-corrected chi connectivity index (χ4v) is 1.69. The number of hydrogen-bond acceptors (Lipinski definition) is 2. The summed E-state index contributed by atoms with van der Waals surface area (Å²) in [6.45, 7) is 0. The molecule has 0 aliphatic carbocycles. The van der Waals surface area contributed by atoms with Crippen LogP contribution < -0.4 is 10.1 Å². The Hall–Kier alpha value is -1.85. The Labute approximate surface area is 129 Å². The van der Waals surface area contributed by atoms with Crippen molar-refractivity contribution in [2.75, 3.05) is 5.32 Å². The summed E-state index contributed by atoms with van der Waals surface area (Å²) in [5, 5.41) is 2.84. The molecule has 2 rings (SSSR count). The molecule has 2 aromatic rings. The van der Waals surface area contributed by atoms with E-state index in [1.165, 1.54) is 48.5 Å². The molecule has 7 heteroatoms. The fraction of sp³-hybridized carbons (Fsp3) is 0.0714. The Morgan fingerprint density at radius 3 is 1.95 bits per heavy atom. The molecule has 0 aliphatic rings. The number of amides is 1. The predicted octanol–water partition coefficient (Wildman–Crippen LogP) is 4.60. The van der Waals surface area contributed by atoms with Gasteiger partial charge in [-0.3, -0.25) is 4.79 Å². The standard InChI is InChI=1S/C14H9Cl2F2NO2/c15-9-1-5-11(6-2-9)19-13(20)14(17,18)21-12-7-3-10(16)4-8-12/h1-8H,(H,19,20). The van der Waals surface area contributed by atoms with Crippen LogP contribution in [0.1, 0.15) is 0 Å². The molecule has 0 bridgehead atoms. The first kappa shape index (κ1) is 15.5. The second-order valence-corrected chi connectivity index (χ2v) is 4.91. The van der Waals surface area contributed by atoms with Crippen LogP contribution in [0.2, 0.25) is 10.0 Å². The van der Waals surface area contributed by atoms with E-state index in [4.69, 9.17) is 23.2 Å². The molecule has 0 aliphatic heterocycles. The van der Waals surface area contributed by atoms with Crippen molar-refractivity contribution in [1.82, 2.24) is 0 Å². The first-order valence-electron chi connectivity index (χ1n) is 5.76. The molecule has 1 amide bonds. The molecule has 0 aromatic heterocycles. The smallest absolute Gasteiger partial charge is 0.425 e. The van der Waals surface area contributed by atoms with Crippen molar-refractivity contribution in [3.8, 4) is 5.75 Å². The van der Waals surface area contributed by atoms with Gasteiger partial charge < -0.3 is 10.1 Å². The number of alkyl halides is 2. The quantitative estimate of drug-likeness (QED) is 0.888. The normalized spacial score (nSPS) is 11.0. The molecule has 0 radical (unpaired) electrons. The highest BCUT2D eigenvalue weighted by Crippen LogP contribution is 2.25. The number of benzene rings is 2. The minimum atomic E-state index is -4.02. The number of rotatable bonds is 4. The van der Waals surface area contributed by atoms with E-state index in [1.54, 1.807) is 0 Å². The molecule has 0 saturated carbocycles. The molecule has 0 unspecified atom stereocenters. The summed E-state index contributed by atoms with van der Waals surface area (Å²) >= 11 is 11.3. The van der Waals surface area contributed by atoms with Gasteiger partial charge in [-0.25, -0.2) is 0 Å². The van der Waals surface area contributed by atoms with Crippen LogP contribution in [0.25, 0.3) is 0 Å². The van der Waals surface area contributed by atoms with Gasteiger partial charge in [0, 0.05) is 15.7 Å². The van der Waals surface area contributed by atoms with E-state index in [2.05, 4.69) is 4.74 Å². The lowest BCUT2D eigenvalue weighted by atomic mass is 10.3. The third-order valence-corrected chi connectivity index (χ3v) is 2.93. The molecular weight excluding hydrogens is 323 g/mol. The minimum absolute atomic E-state index is 0.171. The van der Waals surface area contributed by atoms with E-state index in [9.17, 15) is 13.6 Å². The molecular formula is C14H9Cl2F2NO2. The highest BCUT2D eigenvalue weighted by atomic mass is 35.5. The van der Waals surface area contributed by atoms with E-state index in [1.807, 2.05) is 5.32 Å². The molecule has 21 heavy (non-hydrogen) atoms. The zero-order chi connectivity index (χ0) is 15.5. The largest absolute Gasteiger partial charge is 0.482 e. The van der Waals surface area contributed by atoms with Crippen molar-refractivity contribution in [2.24, 2.45) is 0 Å². The van der Waals surface area contributed by atoms with Gasteiger partial charge in [0.25, 0.3) is 0 Å². The highest BCUT2D eigenvalue weighted by Gasteiger charge is 2.42. The van der Waals surface area contributed by atoms with Crippen LogP contribution in [-0.2, 0) is 4.79 Å². The van der Waals surface area contributed by atoms with Gasteiger partial charge in [0.15, 0.2) is 0 Å². The fourth-order valence-electron chi connectivity index (χ4n) is 1.43. The number of halogens is 4. The number of carbonyl (C=O) groups is 1. The van der Waals surface area contributed by atoms with E-state index < -0.39 is 12.0 Å². The molecule has 0 spiro atoms. The van der Waals surface area contributed by atoms with Gasteiger partial charge in [-0.2, -0.15) is 8.78 Å². The van der Waals surface area contributed by atoms with Crippen LogP contribution in [0.3, 0.4) is 0 Å². The SMILES string of the molecule is O=C(Nc1ccc(Cl)cc1)C(F)(F)Oc1ccc(Cl)cc1. The number of hydrogen-bond donors (Lipinski definition) is 1. The van der Waals surface area contributed by atoms with Crippen LogP contribution >= 0.6 is 23.2 Å². The van der Waals surface area contributed by atoms with Gasteiger partial charge in [0.1, 0.15) is 5.75 Å². The average molecular weight is 332 g/mol. The lowest BCUT2D eigenvalue weighted by Crippen LogP contribution is -2.39. The molecule has 0 saturated heterocycles. The summed E-state index contributed by atoms with van der Waals surface area (Å²) < 4.78 is 31.7. The Morgan fingerprint density at radius 2 is 1.43 bits per heavy atom.